The highest BCUT2D eigenvalue weighted by Gasteiger charge is 2.34. The highest BCUT2D eigenvalue weighted by Crippen LogP contribution is 2.40. The molecule has 0 aromatic heterocycles. The maximum atomic E-state index is 13.6. The monoisotopic (exact) mass is 560 g/mol. The van der Waals surface area contributed by atoms with E-state index in [0.717, 1.165) is 27.7 Å². The van der Waals surface area contributed by atoms with Gasteiger partial charge in [0.05, 0.1) is 22.4 Å². The molecule has 4 N–H and O–H groups in total. The molecule has 3 aromatic carbocycles. The molecule has 1 unspecified atom stereocenters. The summed E-state index contributed by atoms with van der Waals surface area (Å²) in [5.74, 6) is -0.0251. The van der Waals surface area contributed by atoms with Crippen LogP contribution in [-0.2, 0) is 9.59 Å². The number of halogens is 1. The topological polar surface area (TPSA) is 82.3 Å². The van der Waals surface area contributed by atoms with Crippen LogP contribution in [0.15, 0.2) is 101 Å². The number of rotatable bonds is 9. The molecular weight excluding hydrogens is 528 g/mol. The first-order chi connectivity index (χ1) is 18.8. The summed E-state index contributed by atoms with van der Waals surface area (Å²) in [7, 11) is 1.83. The zero-order chi connectivity index (χ0) is 27.9. The number of amides is 2. The Labute approximate surface area is 239 Å². The molecule has 0 aliphatic carbocycles. The van der Waals surface area contributed by atoms with Crippen LogP contribution in [0.5, 0.6) is 0 Å². The van der Waals surface area contributed by atoms with Crippen molar-refractivity contribution >= 4 is 46.6 Å². The van der Waals surface area contributed by atoms with Gasteiger partial charge in [0, 0.05) is 34.7 Å². The number of dihydropyridines is 1. The van der Waals surface area contributed by atoms with E-state index in [4.69, 9.17) is 11.6 Å². The van der Waals surface area contributed by atoms with Crippen molar-refractivity contribution in [3.63, 3.8) is 0 Å². The van der Waals surface area contributed by atoms with Crippen molar-refractivity contribution in [1.82, 2.24) is 10.6 Å². The second-order valence-corrected chi connectivity index (χ2v) is 11.0. The first-order valence-corrected chi connectivity index (χ1v) is 14.2. The Bertz CT molecular complexity index is 1380. The smallest absolute Gasteiger partial charge is 0.254 e. The minimum Gasteiger partial charge on any atom is -0.389 e. The Morgan fingerprint density at radius 1 is 0.923 bits per heavy atom. The number of carbonyl (C=O) groups is 2. The standard InChI is InChI=1S/C31H33ClN4O2S/c1-19(2)21-10-14-24(15-11-21)35-26(37)18-39-31-29(33-4)28(22-8-6-5-7-9-22)27(20(3)34-31)30(38)36-25-16-12-23(32)13-17-25/h5-17,19,28,33-34H,18H2,1-4H3,(H,35,37)(H,36,38). The van der Waals surface area contributed by atoms with E-state index in [2.05, 4.69) is 35.1 Å². The fourth-order valence-corrected chi connectivity index (χ4v) is 5.54. The van der Waals surface area contributed by atoms with Gasteiger partial charge in [-0.25, -0.2) is 0 Å². The number of anilines is 2. The summed E-state index contributed by atoms with van der Waals surface area (Å²) in [6.07, 6.45) is 0. The maximum absolute atomic E-state index is 13.6. The van der Waals surface area contributed by atoms with Gasteiger partial charge >= 0.3 is 0 Å². The van der Waals surface area contributed by atoms with Gasteiger partial charge in [-0.1, -0.05) is 79.7 Å². The molecule has 0 spiro atoms. The average molecular weight is 561 g/mol. The quantitative estimate of drug-likeness (QED) is 0.231. The van der Waals surface area contributed by atoms with Crippen LogP contribution in [0.3, 0.4) is 0 Å². The van der Waals surface area contributed by atoms with Crippen LogP contribution in [0.1, 0.15) is 43.7 Å². The van der Waals surface area contributed by atoms with Crippen LogP contribution in [0.25, 0.3) is 0 Å². The predicted molar refractivity (Wildman–Crippen MR) is 163 cm³/mol. The van der Waals surface area contributed by atoms with E-state index in [-0.39, 0.29) is 23.5 Å². The molecule has 1 aliphatic rings. The fourth-order valence-electron chi connectivity index (χ4n) is 4.47. The van der Waals surface area contributed by atoms with E-state index in [1.165, 1.54) is 17.3 Å². The Balaban J connectivity index is 1.56. The molecule has 202 valence electrons. The third-order valence-electron chi connectivity index (χ3n) is 6.48. The number of hydrogen-bond donors (Lipinski definition) is 4. The van der Waals surface area contributed by atoms with Gasteiger partial charge in [-0.2, -0.15) is 0 Å². The lowest BCUT2D eigenvalue weighted by molar-refractivity contribution is -0.114. The van der Waals surface area contributed by atoms with Gasteiger partial charge in [-0.15, -0.1) is 0 Å². The Hall–Kier alpha value is -3.68. The van der Waals surface area contributed by atoms with Crippen molar-refractivity contribution in [2.24, 2.45) is 0 Å². The summed E-state index contributed by atoms with van der Waals surface area (Å²) in [5, 5.41) is 14.1. The van der Waals surface area contributed by atoms with Crippen molar-refractivity contribution in [3.8, 4) is 0 Å². The fraction of sp³-hybridized carbons (Fsp3) is 0.226. The third kappa shape index (κ3) is 7.05. The molecule has 1 heterocycles. The van der Waals surface area contributed by atoms with Crippen LogP contribution in [0, 0.1) is 0 Å². The molecule has 0 saturated heterocycles. The predicted octanol–water partition coefficient (Wildman–Crippen LogP) is 6.82. The SMILES string of the molecule is CNC1=C(SCC(=O)Nc2ccc(C(C)C)cc2)NC(C)=C(C(=O)Nc2ccc(Cl)cc2)C1c1ccccc1. The zero-order valence-corrected chi connectivity index (χ0v) is 24.0. The molecule has 4 rings (SSSR count). The molecule has 0 bridgehead atoms. The van der Waals surface area contributed by atoms with Gasteiger partial charge < -0.3 is 21.3 Å². The number of nitrogens with one attached hydrogen (secondary N) is 4. The highest BCUT2D eigenvalue weighted by molar-refractivity contribution is 8.03. The summed E-state index contributed by atoms with van der Waals surface area (Å²) in [6, 6.07) is 24.8. The van der Waals surface area contributed by atoms with Crippen LogP contribution < -0.4 is 21.3 Å². The summed E-state index contributed by atoms with van der Waals surface area (Å²) < 4.78 is 0. The lowest BCUT2D eigenvalue weighted by atomic mass is 9.85. The second kappa shape index (κ2) is 12.9. The van der Waals surface area contributed by atoms with E-state index in [9.17, 15) is 9.59 Å². The zero-order valence-electron chi connectivity index (χ0n) is 22.5. The first kappa shape index (κ1) is 28.3. The van der Waals surface area contributed by atoms with E-state index in [1.807, 2.05) is 68.6 Å². The largest absolute Gasteiger partial charge is 0.389 e. The Morgan fingerprint density at radius 2 is 1.54 bits per heavy atom. The van der Waals surface area contributed by atoms with Crippen molar-refractivity contribution < 1.29 is 9.59 Å². The maximum Gasteiger partial charge on any atom is 0.254 e. The van der Waals surface area contributed by atoms with Crippen LogP contribution in [0.4, 0.5) is 11.4 Å². The molecule has 0 saturated carbocycles. The summed E-state index contributed by atoms with van der Waals surface area (Å²) in [4.78, 5) is 26.4. The van der Waals surface area contributed by atoms with E-state index in [1.54, 1.807) is 24.3 Å². The third-order valence-corrected chi connectivity index (χ3v) is 7.75. The molecule has 6 nitrogen and oxygen atoms in total. The molecule has 2 amide bonds. The van der Waals surface area contributed by atoms with Gasteiger partial charge in [0.25, 0.3) is 5.91 Å². The minimum absolute atomic E-state index is 0.105. The summed E-state index contributed by atoms with van der Waals surface area (Å²) >= 11 is 7.42. The molecule has 1 atom stereocenters. The summed E-state index contributed by atoms with van der Waals surface area (Å²) in [5.41, 5.74) is 5.77. The normalized spacial score (nSPS) is 15.2. The van der Waals surface area contributed by atoms with Crippen molar-refractivity contribution in [2.75, 3.05) is 23.4 Å². The second-order valence-electron chi connectivity index (χ2n) is 9.57. The van der Waals surface area contributed by atoms with Crippen molar-refractivity contribution in [1.29, 1.82) is 0 Å². The molecule has 1 aliphatic heterocycles. The number of benzene rings is 3. The number of allylic oxidation sites excluding steroid dienone is 2. The van der Waals surface area contributed by atoms with E-state index in [0.29, 0.717) is 22.2 Å². The average Bonchev–Trinajstić information content (AvgIpc) is 2.93. The Morgan fingerprint density at radius 3 is 2.15 bits per heavy atom. The number of carbonyl (C=O) groups excluding carboxylic acids is 2. The molecule has 3 aromatic rings. The Kier molecular flexibility index (Phi) is 9.38. The van der Waals surface area contributed by atoms with Gasteiger partial charge in [-0.3, -0.25) is 9.59 Å². The number of thioether (sulfide) groups is 1. The van der Waals surface area contributed by atoms with Crippen molar-refractivity contribution in [3.05, 3.63) is 117 Å². The van der Waals surface area contributed by atoms with Gasteiger partial charge in [0.15, 0.2) is 0 Å². The minimum atomic E-state index is -0.348. The van der Waals surface area contributed by atoms with Gasteiger partial charge in [0.2, 0.25) is 5.91 Å². The van der Waals surface area contributed by atoms with E-state index < -0.39 is 0 Å². The molecule has 39 heavy (non-hydrogen) atoms. The lowest BCUT2D eigenvalue weighted by Gasteiger charge is -2.32. The molecule has 0 fully saturated rings. The van der Waals surface area contributed by atoms with Crippen LogP contribution >= 0.6 is 23.4 Å². The van der Waals surface area contributed by atoms with Crippen LogP contribution in [-0.4, -0.2) is 24.6 Å². The van der Waals surface area contributed by atoms with Crippen LogP contribution in [0.2, 0.25) is 5.02 Å². The number of hydrogen-bond acceptors (Lipinski definition) is 5. The van der Waals surface area contributed by atoms with Gasteiger partial charge in [-0.05, 0) is 60.4 Å². The van der Waals surface area contributed by atoms with Gasteiger partial charge in [0.1, 0.15) is 0 Å². The first-order valence-electron chi connectivity index (χ1n) is 12.8. The van der Waals surface area contributed by atoms with Crippen molar-refractivity contribution in [2.45, 2.75) is 32.6 Å². The molecule has 0 radical (unpaired) electrons. The molecular formula is C31H33ClN4O2S. The lowest BCUT2D eigenvalue weighted by Crippen LogP contribution is -2.35. The summed E-state index contributed by atoms with van der Waals surface area (Å²) in [6.45, 7) is 6.16. The highest BCUT2D eigenvalue weighted by atomic mass is 35.5. The van der Waals surface area contributed by atoms with E-state index >= 15 is 0 Å². The molecule has 8 heteroatoms. The number of likely N-dealkylation sites (N-methyl/N-ethyl adjacent to an activating group) is 1.